The molecule has 8 nitrogen and oxygen atoms in total. The van der Waals surface area contributed by atoms with Crippen molar-refractivity contribution < 1.29 is 18.8 Å². The third-order valence-electron chi connectivity index (χ3n) is 2.77. The summed E-state index contributed by atoms with van der Waals surface area (Å²) in [5.74, 6) is -0.354. The van der Waals surface area contributed by atoms with Crippen LogP contribution in [0.25, 0.3) is 5.71 Å². The lowest BCUT2D eigenvalue weighted by atomic mass is 10.3. The van der Waals surface area contributed by atoms with Crippen LogP contribution in [-0.2, 0) is 0 Å². The normalized spacial score (nSPS) is 11.2. The monoisotopic (exact) mass is 285 g/mol. The molecule has 21 heavy (non-hydrogen) atoms. The number of benzene rings is 1. The summed E-state index contributed by atoms with van der Waals surface area (Å²) < 4.78 is 6.58. The fourth-order valence-electron chi connectivity index (χ4n) is 1.83. The minimum absolute atomic E-state index is 0.0590. The van der Waals surface area contributed by atoms with E-state index in [9.17, 15) is 15.2 Å². The zero-order valence-corrected chi connectivity index (χ0v) is 10.6. The molecule has 0 bridgehead atoms. The number of nitrogens with zero attached hydrogens (tertiary/aromatic N) is 4. The number of rotatable bonds is 3. The van der Waals surface area contributed by atoms with Crippen LogP contribution in [0.15, 0.2) is 63.3 Å². The molecule has 1 N–H and O–H groups in total. The Balaban J connectivity index is 2.07. The third kappa shape index (κ3) is 2.29. The lowest BCUT2D eigenvalue weighted by Crippen LogP contribution is -2.16. The van der Waals surface area contributed by atoms with Gasteiger partial charge in [0.15, 0.2) is 5.69 Å². The number of para-hydroxylation sites is 1. The summed E-state index contributed by atoms with van der Waals surface area (Å²) >= 11 is 0. The van der Waals surface area contributed by atoms with Gasteiger partial charge in [0.25, 0.3) is 11.4 Å². The molecule has 0 aliphatic heterocycles. The Morgan fingerprint density at radius 2 is 1.90 bits per heavy atom. The minimum Gasteiger partial charge on any atom is -0.474 e. The van der Waals surface area contributed by atoms with Crippen molar-refractivity contribution in [2.24, 2.45) is 10.2 Å². The first-order chi connectivity index (χ1) is 10.2. The van der Waals surface area contributed by atoms with Crippen LogP contribution in [0.1, 0.15) is 0 Å². The van der Waals surface area contributed by atoms with E-state index in [4.69, 9.17) is 4.42 Å². The highest BCUT2D eigenvalue weighted by molar-refractivity contribution is 5.56. The molecule has 0 fully saturated rings. The number of hydrogen-bond donors (Lipinski definition) is 1. The number of hydrogen-bond acceptors (Lipinski definition) is 6. The first-order valence-corrected chi connectivity index (χ1v) is 5.94. The Hall–Kier alpha value is -3.29. The highest BCUT2D eigenvalue weighted by Gasteiger charge is 2.23. The molecule has 0 atom stereocenters. The molecule has 0 saturated heterocycles. The molecule has 0 radical (unpaired) electrons. The van der Waals surface area contributed by atoms with E-state index >= 15 is 0 Å². The molecule has 0 amide bonds. The number of nitro benzene ring substituents is 1. The summed E-state index contributed by atoms with van der Waals surface area (Å²) in [6, 6.07) is 11.1. The van der Waals surface area contributed by atoms with Crippen LogP contribution in [-0.4, -0.2) is 10.0 Å². The summed E-state index contributed by atoms with van der Waals surface area (Å²) in [7, 11) is 0. The van der Waals surface area contributed by atoms with Gasteiger partial charge in [0.1, 0.15) is 6.20 Å². The molecular weight excluding hydrogens is 276 g/mol. The molecule has 0 aliphatic carbocycles. The second kappa shape index (κ2) is 5.00. The molecule has 2 heterocycles. The van der Waals surface area contributed by atoms with Gasteiger partial charge in [0.05, 0.1) is 10.0 Å². The molecule has 0 unspecified atom stereocenters. The van der Waals surface area contributed by atoms with Crippen molar-refractivity contribution in [2.75, 3.05) is 0 Å². The van der Waals surface area contributed by atoms with Crippen LogP contribution < -0.4 is 4.40 Å². The van der Waals surface area contributed by atoms with Gasteiger partial charge in [-0.1, -0.05) is 18.2 Å². The van der Waals surface area contributed by atoms with E-state index in [1.165, 1.54) is 22.6 Å². The number of nitro groups is 1. The predicted molar refractivity (Wildman–Crippen MR) is 70.8 cm³/mol. The van der Waals surface area contributed by atoms with Gasteiger partial charge in [-0.2, -0.15) is 4.40 Å². The maximum absolute atomic E-state index is 10.9. The third-order valence-corrected chi connectivity index (χ3v) is 2.77. The van der Waals surface area contributed by atoms with Crippen LogP contribution in [0.5, 0.6) is 5.95 Å². The van der Waals surface area contributed by atoms with E-state index < -0.39 is 10.9 Å². The van der Waals surface area contributed by atoms with Crippen molar-refractivity contribution in [3.8, 4) is 5.95 Å². The van der Waals surface area contributed by atoms with Gasteiger partial charge in [-0.25, -0.2) is 0 Å². The quantitative estimate of drug-likeness (QED) is 0.345. The molecule has 0 aliphatic rings. The number of fused-ring (bicyclic) bond motifs is 1. The molecule has 3 rings (SSSR count). The van der Waals surface area contributed by atoms with Crippen molar-refractivity contribution in [1.82, 2.24) is 0 Å². The van der Waals surface area contributed by atoms with Crippen molar-refractivity contribution in [1.29, 1.82) is 0 Å². The topological polar surface area (TPSA) is 105 Å². The second-order valence-corrected chi connectivity index (χ2v) is 4.09. The van der Waals surface area contributed by atoms with Crippen molar-refractivity contribution in [3.63, 3.8) is 0 Å². The summed E-state index contributed by atoms with van der Waals surface area (Å²) in [5.41, 5.74) is 0.304. The zero-order valence-electron chi connectivity index (χ0n) is 10.6. The van der Waals surface area contributed by atoms with E-state index in [1.807, 2.05) is 0 Å². The van der Waals surface area contributed by atoms with Crippen LogP contribution in [0.2, 0.25) is 0 Å². The Morgan fingerprint density at radius 3 is 2.71 bits per heavy atom. The number of azo groups is 1. The van der Waals surface area contributed by atoms with Crippen molar-refractivity contribution >= 4 is 22.9 Å². The van der Waals surface area contributed by atoms with Crippen LogP contribution in [0.3, 0.4) is 0 Å². The molecule has 8 heteroatoms. The van der Waals surface area contributed by atoms with Gasteiger partial charge in [0.2, 0.25) is 0 Å². The molecular formula is C13H9N4O4+. The van der Waals surface area contributed by atoms with Crippen molar-refractivity contribution in [2.45, 2.75) is 0 Å². The number of aromatic hydroxyl groups is 1. The number of aromatic nitrogens is 1. The fraction of sp³-hybridized carbons (Fsp3) is 0. The van der Waals surface area contributed by atoms with Crippen LogP contribution in [0.4, 0.5) is 17.2 Å². The Kier molecular flexibility index (Phi) is 3.03. The maximum atomic E-state index is 10.9. The lowest BCUT2D eigenvalue weighted by molar-refractivity contribution is -0.500. The lowest BCUT2D eigenvalue weighted by Gasteiger charge is -1.91. The minimum atomic E-state index is -0.547. The predicted octanol–water partition coefficient (Wildman–Crippen LogP) is 3.05. The molecule has 1 aromatic carbocycles. The SMILES string of the molecule is O=[N+]([O-])c1ccccc1N=Nc1c(O)oc2cccc[n+]12. The Labute approximate surface area is 117 Å². The van der Waals surface area contributed by atoms with Gasteiger partial charge in [-0.15, -0.1) is 0 Å². The first kappa shape index (κ1) is 12.7. The standard InChI is InChI=1S/C13H8N4O4/c18-13-12(16-8-4-3-7-11(16)21-13)15-14-9-5-1-2-6-10(9)17(19)20/h1-8H/p+1. The molecule has 3 aromatic rings. The maximum Gasteiger partial charge on any atom is 0.439 e. The Bertz CT molecular complexity index is 856. The van der Waals surface area contributed by atoms with Gasteiger partial charge >= 0.3 is 11.8 Å². The molecule has 2 aromatic heterocycles. The van der Waals surface area contributed by atoms with Crippen LogP contribution in [0, 0.1) is 10.1 Å². The van der Waals surface area contributed by atoms with Gasteiger partial charge < -0.3 is 9.52 Å². The largest absolute Gasteiger partial charge is 0.474 e. The smallest absolute Gasteiger partial charge is 0.439 e. The average Bonchev–Trinajstić information content (AvgIpc) is 2.81. The van der Waals surface area contributed by atoms with Gasteiger partial charge in [-0.3, -0.25) is 10.1 Å². The first-order valence-electron chi connectivity index (χ1n) is 5.94. The Morgan fingerprint density at radius 1 is 1.14 bits per heavy atom. The number of pyridine rings is 1. The van der Waals surface area contributed by atoms with E-state index in [-0.39, 0.29) is 17.2 Å². The fourth-order valence-corrected chi connectivity index (χ4v) is 1.83. The highest BCUT2D eigenvalue weighted by atomic mass is 16.6. The summed E-state index contributed by atoms with van der Waals surface area (Å²) in [5, 5.41) is 28.3. The highest BCUT2D eigenvalue weighted by Crippen LogP contribution is 2.30. The van der Waals surface area contributed by atoms with Crippen molar-refractivity contribution in [3.05, 3.63) is 58.8 Å². The molecule has 0 spiro atoms. The second-order valence-electron chi connectivity index (χ2n) is 4.09. The van der Waals surface area contributed by atoms with E-state index in [2.05, 4.69) is 10.2 Å². The molecule has 104 valence electrons. The summed E-state index contributed by atoms with van der Waals surface area (Å²) in [6.07, 6.45) is 1.63. The van der Waals surface area contributed by atoms with Gasteiger partial charge in [-0.05, 0) is 17.2 Å². The average molecular weight is 285 g/mol. The molecule has 0 saturated carbocycles. The van der Waals surface area contributed by atoms with E-state index in [1.54, 1.807) is 30.5 Å². The van der Waals surface area contributed by atoms with E-state index in [0.717, 1.165) is 0 Å². The summed E-state index contributed by atoms with van der Waals surface area (Å²) in [6.45, 7) is 0. The number of oxazole rings is 1. The van der Waals surface area contributed by atoms with Crippen LogP contribution >= 0.6 is 0 Å². The zero-order chi connectivity index (χ0) is 14.8. The van der Waals surface area contributed by atoms with Gasteiger partial charge in [0, 0.05) is 12.1 Å². The van der Waals surface area contributed by atoms with E-state index in [0.29, 0.717) is 5.71 Å². The summed E-state index contributed by atoms with van der Waals surface area (Å²) in [4.78, 5) is 10.3.